The third-order valence-corrected chi connectivity index (χ3v) is 5.70. The fraction of sp³-hybridized carbons (Fsp3) is 0.400. The molecule has 2 saturated heterocycles. The first-order valence-corrected chi connectivity index (χ1v) is 9.32. The molecule has 2 aliphatic heterocycles. The first kappa shape index (κ1) is 16.5. The summed E-state index contributed by atoms with van der Waals surface area (Å²) in [5.41, 5.74) is 2.00. The summed E-state index contributed by atoms with van der Waals surface area (Å²) in [6.45, 7) is 3.91. The lowest BCUT2D eigenvalue weighted by atomic mass is 10.1. The molecular formula is C20H21FN4O2. The topological polar surface area (TPSA) is 51.8 Å². The molecule has 27 heavy (non-hydrogen) atoms. The largest absolute Gasteiger partial charge is 0.376 e. The number of aryl methyl sites for hydroxylation is 1. The number of fused-ring (bicyclic) bond motifs is 2. The van der Waals surface area contributed by atoms with Crippen LogP contribution in [0.4, 0.5) is 10.3 Å². The van der Waals surface area contributed by atoms with Crippen molar-refractivity contribution in [2.45, 2.75) is 38.5 Å². The summed E-state index contributed by atoms with van der Waals surface area (Å²) < 4.78 is 22.8. The Bertz CT molecular complexity index is 1070. The number of imidazole rings is 1. The molecular weight excluding hydrogens is 347 g/mol. The van der Waals surface area contributed by atoms with Gasteiger partial charge in [-0.2, -0.15) is 0 Å². The van der Waals surface area contributed by atoms with E-state index in [1.54, 1.807) is 16.8 Å². The third-order valence-electron chi connectivity index (χ3n) is 5.70. The Morgan fingerprint density at radius 1 is 1.33 bits per heavy atom. The summed E-state index contributed by atoms with van der Waals surface area (Å²) in [6, 6.07) is 6.69. The van der Waals surface area contributed by atoms with Gasteiger partial charge < -0.3 is 14.2 Å². The van der Waals surface area contributed by atoms with Crippen LogP contribution in [0.2, 0.25) is 0 Å². The fourth-order valence-electron chi connectivity index (χ4n) is 4.37. The SMILES string of the molecule is Cc1cn2c(N3CCC4OCCC43)ncc2c(=O)n1Cc1cccc(F)c1. The molecule has 2 fully saturated rings. The second kappa shape index (κ2) is 6.20. The van der Waals surface area contributed by atoms with Crippen molar-refractivity contribution in [3.8, 4) is 0 Å². The number of rotatable bonds is 3. The van der Waals surface area contributed by atoms with Crippen molar-refractivity contribution in [2.75, 3.05) is 18.1 Å². The van der Waals surface area contributed by atoms with Gasteiger partial charge in [0, 0.05) is 25.0 Å². The number of anilines is 1. The van der Waals surface area contributed by atoms with Gasteiger partial charge in [0.2, 0.25) is 5.95 Å². The quantitative estimate of drug-likeness (QED) is 0.712. The molecule has 4 heterocycles. The molecule has 0 amide bonds. The van der Waals surface area contributed by atoms with Gasteiger partial charge in [-0.05, 0) is 37.5 Å². The number of aromatic nitrogens is 3. The first-order chi connectivity index (χ1) is 13.1. The van der Waals surface area contributed by atoms with E-state index < -0.39 is 0 Å². The van der Waals surface area contributed by atoms with Crippen molar-refractivity contribution in [1.82, 2.24) is 14.0 Å². The molecule has 0 spiro atoms. The monoisotopic (exact) mass is 368 g/mol. The van der Waals surface area contributed by atoms with E-state index >= 15 is 0 Å². The predicted octanol–water partition coefficient (Wildman–Crippen LogP) is 2.36. The Morgan fingerprint density at radius 3 is 3.07 bits per heavy atom. The summed E-state index contributed by atoms with van der Waals surface area (Å²) >= 11 is 0. The Hall–Kier alpha value is -2.67. The van der Waals surface area contributed by atoms with Crippen molar-refractivity contribution in [1.29, 1.82) is 0 Å². The van der Waals surface area contributed by atoms with Gasteiger partial charge in [0.15, 0.2) is 0 Å². The van der Waals surface area contributed by atoms with Gasteiger partial charge in [0.05, 0.1) is 24.9 Å². The lowest BCUT2D eigenvalue weighted by Gasteiger charge is -2.23. The molecule has 0 N–H and O–H groups in total. The van der Waals surface area contributed by atoms with Crippen molar-refractivity contribution in [3.63, 3.8) is 0 Å². The number of hydrogen-bond donors (Lipinski definition) is 0. The van der Waals surface area contributed by atoms with E-state index in [1.165, 1.54) is 12.1 Å². The van der Waals surface area contributed by atoms with Crippen LogP contribution in [0.5, 0.6) is 0 Å². The van der Waals surface area contributed by atoms with Crippen LogP contribution in [0, 0.1) is 12.7 Å². The molecule has 7 heteroatoms. The number of hydrogen-bond acceptors (Lipinski definition) is 4. The molecule has 0 aliphatic carbocycles. The number of nitrogens with zero attached hydrogens (tertiary/aromatic N) is 4. The van der Waals surface area contributed by atoms with Gasteiger partial charge >= 0.3 is 0 Å². The fourth-order valence-corrected chi connectivity index (χ4v) is 4.37. The molecule has 2 atom stereocenters. The first-order valence-electron chi connectivity index (χ1n) is 9.32. The van der Waals surface area contributed by atoms with Crippen LogP contribution in [0.3, 0.4) is 0 Å². The molecule has 2 aromatic heterocycles. The predicted molar refractivity (Wildman–Crippen MR) is 99.8 cm³/mol. The van der Waals surface area contributed by atoms with Crippen LogP contribution in [-0.4, -0.2) is 39.2 Å². The molecule has 3 aromatic rings. The maximum Gasteiger partial charge on any atom is 0.277 e. The molecule has 1 aromatic carbocycles. The summed E-state index contributed by atoms with van der Waals surface area (Å²) in [6.07, 6.45) is 5.85. The lowest BCUT2D eigenvalue weighted by molar-refractivity contribution is 0.113. The standard InChI is InChI=1S/C20H21FN4O2/c1-13-11-25-17(19(26)24(13)12-14-3-2-4-15(21)9-14)10-22-20(25)23-7-5-18-16(23)6-8-27-18/h2-4,9-11,16,18H,5-8,12H2,1H3. The Balaban J connectivity index is 1.56. The Labute approximate surface area is 155 Å². The maximum atomic E-state index is 13.5. The van der Waals surface area contributed by atoms with Crippen LogP contribution in [0.25, 0.3) is 5.52 Å². The third kappa shape index (κ3) is 2.65. The number of ether oxygens (including phenoxy) is 1. The van der Waals surface area contributed by atoms with Crippen LogP contribution < -0.4 is 10.5 Å². The van der Waals surface area contributed by atoms with E-state index in [0.717, 1.165) is 43.2 Å². The van der Waals surface area contributed by atoms with E-state index in [1.807, 2.05) is 23.6 Å². The second-order valence-electron chi connectivity index (χ2n) is 7.35. The van der Waals surface area contributed by atoms with E-state index in [-0.39, 0.29) is 17.5 Å². The maximum absolute atomic E-state index is 13.5. The van der Waals surface area contributed by atoms with E-state index in [0.29, 0.717) is 18.1 Å². The van der Waals surface area contributed by atoms with Gasteiger partial charge in [0.1, 0.15) is 11.3 Å². The van der Waals surface area contributed by atoms with Crippen molar-refractivity contribution in [3.05, 3.63) is 64.1 Å². The zero-order valence-corrected chi connectivity index (χ0v) is 15.1. The van der Waals surface area contributed by atoms with E-state index in [4.69, 9.17) is 4.74 Å². The van der Waals surface area contributed by atoms with Crippen molar-refractivity contribution < 1.29 is 9.13 Å². The molecule has 2 unspecified atom stereocenters. The van der Waals surface area contributed by atoms with E-state index in [2.05, 4.69) is 9.88 Å². The van der Waals surface area contributed by atoms with Crippen LogP contribution in [0.15, 0.2) is 41.5 Å². The van der Waals surface area contributed by atoms with Crippen molar-refractivity contribution in [2.24, 2.45) is 0 Å². The molecule has 6 nitrogen and oxygen atoms in total. The summed E-state index contributed by atoms with van der Waals surface area (Å²) in [4.78, 5) is 19.9. The van der Waals surface area contributed by atoms with Gasteiger partial charge in [-0.3, -0.25) is 9.20 Å². The number of halogens is 1. The smallest absolute Gasteiger partial charge is 0.277 e. The lowest BCUT2D eigenvalue weighted by Crippen LogP contribution is -2.34. The van der Waals surface area contributed by atoms with Crippen molar-refractivity contribution >= 4 is 11.5 Å². The van der Waals surface area contributed by atoms with E-state index in [9.17, 15) is 9.18 Å². The van der Waals surface area contributed by atoms with Crippen LogP contribution in [-0.2, 0) is 11.3 Å². The molecule has 0 bridgehead atoms. The molecule has 0 saturated carbocycles. The average Bonchev–Trinajstić information content (AvgIpc) is 3.34. The van der Waals surface area contributed by atoms with Gasteiger partial charge in [-0.25, -0.2) is 9.37 Å². The summed E-state index contributed by atoms with van der Waals surface area (Å²) in [5, 5.41) is 0. The molecule has 5 rings (SSSR count). The zero-order valence-electron chi connectivity index (χ0n) is 15.1. The average molecular weight is 368 g/mol. The highest BCUT2D eigenvalue weighted by molar-refractivity contribution is 5.53. The highest BCUT2D eigenvalue weighted by Crippen LogP contribution is 2.32. The highest BCUT2D eigenvalue weighted by atomic mass is 19.1. The zero-order chi connectivity index (χ0) is 18.5. The minimum absolute atomic E-state index is 0.114. The molecule has 0 radical (unpaired) electrons. The summed E-state index contributed by atoms with van der Waals surface area (Å²) in [7, 11) is 0. The van der Waals surface area contributed by atoms with Crippen LogP contribution in [0.1, 0.15) is 24.1 Å². The molecule has 140 valence electrons. The van der Waals surface area contributed by atoms with Crippen LogP contribution >= 0.6 is 0 Å². The van der Waals surface area contributed by atoms with Gasteiger partial charge in [-0.1, -0.05) is 12.1 Å². The second-order valence-corrected chi connectivity index (χ2v) is 7.35. The van der Waals surface area contributed by atoms with Gasteiger partial charge in [-0.15, -0.1) is 0 Å². The summed E-state index contributed by atoms with van der Waals surface area (Å²) in [5.74, 6) is 0.509. The highest BCUT2D eigenvalue weighted by Gasteiger charge is 2.40. The minimum Gasteiger partial charge on any atom is -0.376 e. The Morgan fingerprint density at radius 2 is 2.22 bits per heavy atom. The Kier molecular flexibility index (Phi) is 3.79. The number of benzene rings is 1. The molecule has 2 aliphatic rings. The normalized spacial score (nSPS) is 21.9. The minimum atomic E-state index is -0.298. The van der Waals surface area contributed by atoms with Gasteiger partial charge in [0.25, 0.3) is 5.56 Å².